The number of aromatic nitrogens is 3. The van der Waals surface area contributed by atoms with Crippen LogP contribution in [0.5, 0.6) is 0 Å². The zero-order valence-corrected chi connectivity index (χ0v) is 11.0. The lowest BCUT2D eigenvalue weighted by atomic mass is 10.3. The molecule has 1 aliphatic heterocycles. The van der Waals surface area contributed by atoms with Gasteiger partial charge in [-0.25, -0.2) is 0 Å². The van der Waals surface area contributed by atoms with E-state index in [2.05, 4.69) is 39.0 Å². The van der Waals surface area contributed by atoms with Gasteiger partial charge in [0.1, 0.15) is 0 Å². The molecule has 2 heterocycles. The van der Waals surface area contributed by atoms with Crippen LogP contribution in [-0.2, 0) is 0 Å². The summed E-state index contributed by atoms with van der Waals surface area (Å²) in [6.07, 6.45) is 3.40. The molecule has 1 atom stereocenters. The van der Waals surface area contributed by atoms with Crippen molar-refractivity contribution in [1.29, 1.82) is 0 Å². The van der Waals surface area contributed by atoms with E-state index in [1.54, 1.807) is 0 Å². The summed E-state index contributed by atoms with van der Waals surface area (Å²) < 4.78 is 0. The van der Waals surface area contributed by atoms with Gasteiger partial charge >= 0.3 is 0 Å². The highest BCUT2D eigenvalue weighted by atomic mass is 35.5. The van der Waals surface area contributed by atoms with Gasteiger partial charge in [0.15, 0.2) is 0 Å². The van der Waals surface area contributed by atoms with Crippen LogP contribution in [0.2, 0.25) is 5.28 Å². The molecule has 1 N–H and O–H groups in total. The molecule has 0 bridgehead atoms. The lowest BCUT2D eigenvalue weighted by Gasteiger charge is -2.17. The second kappa shape index (κ2) is 5.49. The average molecular weight is 256 g/mol. The molecule has 0 radical (unpaired) electrons. The summed E-state index contributed by atoms with van der Waals surface area (Å²) in [5.74, 6) is 1.26. The summed E-state index contributed by atoms with van der Waals surface area (Å²) in [6, 6.07) is 0.333. The zero-order chi connectivity index (χ0) is 12.3. The van der Waals surface area contributed by atoms with E-state index in [0.29, 0.717) is 17.9 Å². The van der Waals surface area contributed by atoms with Crippen molar-refractivity contribution in [2.75, 3.05) is 23.3 Å². The summed E-state index contributed by atoms with van der Waals surface area (Å²) in [5, 5.41) is 3.48. The van der Waals surface area contributed by atoms with Gasteiger partial charge in [0.2, 0.25) is 17.2 Å². The van der Waals surface area contributed by atoms with E-state index in [9.17, 15) is 0 Å². The SMILES string of the molecule is CCC(C)Nc1nc(Cl)nc(N2CCCC2)n1. The van der Waals surface area contributed by atoms with Crippen LogP contribution < -0.4 is 10.2 Å². The van der Waals surface area contributed by atoms with Gasteiger partial charge in [0.05, 0.1) is 0 Å². The number of nitrogens with zero attached hydrogens (tertiary/aromatic N) is 4. The fourth-order valence-corrected chi connectivity index (χ4v) is 1.94. The largest absolute Gasteiger partial charge is 0.352 e. The summed E-state index contributed by atoms with van der Waals surface area (Å²) in [6.45, 7) is 6.21. The third-order valence-electron chi connectivity index (χ3n) is 2.97. The summed E-state index contributed by atoms with van der Waals surface area (Å²) in [4.78, 5) is 14.8. The highest BCUT2D eigenvalue weighted by Gasteiger charge is 2.17. The molecule has 1 aliphatic rings. The number of rotatable bonds is 4. The van der Waals surface area contributed by atoms with Gasteiger partial charge in [-0.1, -0.05) is 6.92 Å². The van der Waals surface area contributed by atoms with E-state index in [1.807, 2.05) is 0 Å². The Hall–Kier alpha value is -1.10. The molecule has 1 unspecified atom stereocenters. The van der Waals surface area contributed by atoms with Crippen LogP contribution >= 0.6 is 11.6 Å². The van der Waals surface area contributed by atoms with Gasteiger partial charge in [-0.3, -0.25) is 0 Å². The molecule has 0 amide bonds. The van der Waals surface area contributed by atoms with Crippen molar-refractivity contribution in [3.05, 3.63) is 5.28 Å². The van der Waals surface area contributed by atoms with Crippen molar-refractivity contribution in [2.45, 2.75) is 39.2 Å². The fraction of sp³-hybridized carbons (Fsp3) is 0.727. The Bertz CT molecular complexity index is 378. The first kappa shape index (κ1) is 12.4. The summed E-state index contributed by atoms with van der Waals surface area (Å²) in [5.41, 5.74) is 0. The topological polar surface area (TPSA) is 53.9 Å². The zero-order valence-electron chi connectivity index (χ0n) is 10.3. The Morgan fingerprint density at radius 2 is 2.00 bits per heavy atom. The van der Waals surface area contributed by atoms with Crippen molar-refractivity contribution in [3.63, 3.8) is 0 Å². The first-order valence-corrected chi connectivity index (χ1v) is 6.50. The molecule has 1 aromatic heterocycles. The molecule has 0 aliphatic carbocycles. The molecule has 94 valence electrons. The molecular weight excluding hydrogens is 238 g/mol. The minimum atomic E-state index is 0.257. The Morgan fingerprint density at radius 1 is 1.29 bits per heavy atom. The molecule has 5 nitrogen and oxygen atoms in total. The van der Waals surface area contributed by atoms with Crippen LogP contribution in [0, 0.1) is 0 Å². The maximum Gasteiger partial charge on any atom is 0.231 e. The summed E-state index contributed by atoms with van der Waals surface area (Å²) >= 11 is 5.93. The average Bonchev–Trinajstić information content (AvgIpc) is 2.81. The summed E-state index contributed by atoms with van der Waals surface area (Å²) in [7, 11) is 0. The lowest BCUT2D eigenvalue weighted by Crippen LogP contribution is -2.23. The monoisotopic (exact) mass is 255 g/mol. The highest BCUT2D eigenvalue weighted by molar-refractivity contribution is 6.28. The predicted molar refractivity (Wildman–Crippen MR) is 69.7 cm³/mol. The minimum Gasteiger partial charge on any atom is -0.352 e. The van der Waals surface area contributed by atoms with Crippen LogP contribution in [0.1, 0.15) is 33.1 Å². The quantitative estimate of drug-likeness (QED) is 0.895. The third-order valence-corrected chi connectivity index (χ3v) is 3.14. The molecular formula is C11H18ClN5. The number of hydrogen-bond donors (Lipinski definition) is 1. The standard InChI is InChI=1S/C11H18ClN5/c1-3-8(2)13-10-14-9(12)15-11(16-10)17-6-4-5-7-17/h8H,3-7H2,1-2H3,(H,13,14,15,16). The normalized spacial score (nSPS) is 17.2. The lowest BCUT2D eigenvalue weighted by molar-refractivity contribution is 0.748. The Kier molecular flexibility index (Phi) is 3.99. The Morgan fingerprint density at radius 3 is 2.65 bits per heavy atom. The highest BCUT2D eigenvalue weighted by Crippen LogP contribution is 2.18. The number of nitrogens with one attached hydrogen (secondary N) is 1. The van der Waals surface area contributed by atoms with Crippen molar-refractivity contribution >= 4 is 23.5 Å². The molecule has 1 aromatic rings. The molecule has 6 heteroatoms. The first-order valence-electron chi connectivity index (χ1n) is 6.12. The molecule has 2 rings (SSSR count). The molecule has 0 aromatic carbocycles. The van der Waals surface area contributed by atoms with Crippen LogP contribution in [0.25, 0.3) is 0 Å². The van der Waals surface area contributed by atoms with Crippen LogP contribution in [0.4, 0.5) is 11.9 Å². The number of halogens is 1. The first-order chi connectivity index (χ1) is 8.19. The number of anilines is 2. The molecule has 1 fully saturated rings. The van der Waals surface area contributed by atoms with Gasteiger partial charge in [0, 0.05) is 19.1 Å². The maximum absolute atomic E-state index is 5.93. The molecule has 0 saturated carbocycles. The maximum atomic E-state index is 5.93. The van der Waals surface area contributed by atoms with E-state index in [0.717, 1.165) is 19.5 Å². The van der Waals surface area contributed by atoms with Crippen LogP contribution in [-0.4, -0.2) is 34.1 Å². The Balaban J connectivity index is 2.16. The van der Waals surface area contributed by atoms with Gasteiger partial charge in [-0.15, -0.1) is 0 Å². The predicted octanol–water partition coefficient (Wildman–Crippen LogP) is 2.34. The van der Waals surface area contributed by atoms with Crippen molar-refractivity contribution < 1.29 is 0 Å². The van der Waals surface area contributed by atoms with Gasteiger partial charge in [0.25, 0.3) is 0 Å². The second-order valence-corrected chi connectivity index (χ2v) is 4.71. The minimum absolute atomic E-state index is 0.257. The van der Waals surface area contributed by atoms with E-state index < -0.39 is 0 Å². The van der Waals surface area contributed by atoms with E-state index in [1.165, 1.54) is 12.8 Å². The van der Waals surface area contributed by atoms with Crippen molar-refractivity contribution in [2.24, 2.45) is 0 Å². The van der Waals surface area contributed by atoms with Crippen LogP contribution in [0.3, 0.4) is 0 Å². The van der Waals surface area contributed by atoms with E-state index in [-0.39, 0.29) is 5.28 Å². The van der Waals surface area contributed by atoms with Crippen molar-refractivity contribution in [3.8, 4) is 0 Å². The second-order valence-electron chi connectivity index (χ2n) is 4.38. The third kappa shape index (κ3) is 3.19. The van der Waals surface area contributed by atoms with Gasteiger partial charge in [-0.2, -0.15) is 15.0 Å². The van der Waals surface area contributed by atoms with Gasteiger partial charge in [-0.05, 0) is 37.8 Å². The molecule has 0 spiro atoms. The van der Waals surface area contributed by atoms with Crippen LogP contribution in [0.15, 0.2) is 0 Å². The van der Waals surface area contributed by atoms with Crippen molar-refractivity contribution in [1.82, 2.24) is 15.0 Å². The smallest absolute Gasteiger partial charge is 0.231 e. The number of hydrogen-bond acceptors (Lipinski definition) is 5. The van der Waals surface area contributed by atoms with E-state index in [4.69, 9.17) is 11.6 Å². The Labute approximate surface area is 107 Å². The van der Waals surface area contributed by atoms with Gasteiger partial charge < -0.3 is 10.2 Å². The fourth-order valence-electron chi connectivity index (χ4n) is 1.79. The molecule has 17 heavy (non-hydrogen) atoms. The molecule has 1 saturated heterocycles. The van der Waals surface area contributed by atoms with E-state index >= 15 is 0 Å².